The first-order valence-electron chi connectivity index (χ1n) is 7.62. The summed E-state index contributed by atoms with van der Waals surface area (Å²) in [5.74, 6) is -1.06. The third-order valence-electron chi connectivity index (χ3n) is 4.65. The second-order valence-electron chi connectivity index (χ2n) is 6.14. The van der Waals surface area contributed by atoms with E-state index in [1.54, 1.807) is 0 Å². The van der Waals surface area contributed by atoms with E-state index < -0.39 is 35.3 Å². The van der Waals surface area contributed by atoms with E-state index in [9.17, 15) is 33.0 Å². The van der Waals surface area contributed by atoms with E-state index in [1.807, 2.05) is 0 Å². The molecule has 1 fully saturated rings. The molecule has 0 spiro atoms. The number of rotatable bonds is 4. The first kappa shape index (κ1) is 18.8. The number of benzene rings is 1. The molecule has 1 aromatic carbocycles. The molecule has 0 saturated carbocycles. The van der Waals surface area contributed by atoms with E-state index in [-0.39, 0.29) is 25.8 Å². The zero-order valence-electron chi connectivity index (χ0n) is 13.3. The van der Waals surface area contributed by atoms with Gasteiger partial charge in [0.1, 0.15) is 0 Å². The first-order chi connectivity index (χ1) is 11.6. The molecular weight excluding hydrogens is 339 g/mol. The number of piperidine rings is 1. The van der Waals surface area contributed by atoms with Gasteiger partial charge in [0.05, 0.1) is 17.0 Å². The lowest BCUT2D eigenvalue weighted by molar-refractivity contribution is -0.153. The van der Waals surface area contributed by atoms with Crippen LogP contribution in [0.5, 0.6) is 0 Å². The molecule has 0 radical (unpaired) electrons. The van der Waals surface area contributed by atoms with E-state index in [0.29, 0.717) is 5.56 Å². The van der Waals surface area contributed by atoms with Crippen LogP contribution in [-0.4, -0.2) is 33.7 Å². The van der Waals surface area contributed by atoms with Crippen molar-refractivity contribution in [3.05, 3.63) is 48.0 Å². The highest BCUT2D eigenvalue weighted by Gasteiger charge is 2.46. The van der Waals surface area contributed by atoms with Gasteiger partial charge in [-0.3, -0.25) is 4.79 Å². The number of alkyl halides is 3. The number of hydrogen-bond donors (Lipinski definition) is 2. The average molecular weight is 357 g/mol. The number of aliphatic carboxylic acids is 1. The smallest absolute Gasteiger partial charge is 0.416 e. The van der Waals surface area contributed by atoms with Crippen LogP contribution >= 0.6 is 0 Å². The number of amides is 1. The van der Waals surface area contributed by atoms with Gasteiger partial charge >= 0.3 is 18.2 Å². The monoisotopic (exact) mass is 357 g/mol. The Morgan fingerprint density at radius 3 is 2.32 bits per heavy atom. The number of hydrogen-bond acceptors (Lipinski definition) is 2. The van der Waals surface area contributed by atoms with Gasteiger partial charge in [0, 0.05) is 6.54 Å². The number of nitrogens with zero attached hydrogens (tertiary/aromatic N) is 1. The van der Waals surface area contributed by atoms with E-state index in [2.05, 4.69) is 6.58 Å². The predicted molar refractivity (Wildman–Crippen MR) is 83.0 cm³/mol. The highest BCUT2D eigenvalue weighted by molar-refractivity contribution is 5.76. The maximum atomic E-state index is 12.7. The van der Waals surface area contributed by atoms with E-state index in [0.717, 1.165) is 17.0 Å². The summed E-state index contributed by atoms with van der Waals surface area (Å²) in [6.45, 7) is 3.54. The summed E-state index contributed by atoms with van der Waals surface area (Å²) < 4.78 is 38.1. The van der Waals surface area contributed by atoms with Crippen molar-refractivity contribution in [3.8, 4) is 0 Å². The summed E-state index contributed by atoms with van der Waals surface area (Å²) in [6, 6.07) is 3.33. The maximum Gasteiger partial charge on any atom is 0.416 e. The van der Waals surface area contributed by atoms with E-state index in [4.69, 9.17) is 0 Å². The molecule has 8 heteroatoms. The zero-order valence-corrected chi connectivity index (χ0v) is 13.3. The Labute approximate surface area is 142 Å². The van der Waals surface area contributed by atoms with Crippen molar-refractivity contribution in [3.63, 3.8) is 0 Å². The molecule has 2 atom stereocenters. The van der Waals surface area contributed by atoms with E-state index in [1.165, 1.54) is 18.2 Å². The minimum absolute atomic E-state index is 0.0127. The first-order valence-corrected chi connectivity index (χ1v) is 7.62. The van der Waals surface area contributed by atoms with Crippen LogP contribution in [0, 0.1) is 5.41 Å². The fourth-order valence-electron chi connectivity index (χ4n) is 3.24. The van der Waals surface area contributed by atoms with Gasteiger partial charge in [-0.25, -0.2) is 4.79 Å². The molecular formula is C17H18F3NO4. The molecule has 1 saturated heterocycles. The molecule has 2 rings (SSSR count). The fourth-order valence-corrected chi connectivity index (χ4v) is 3.24. The van der Waals surface area contributed by atoms with Crippen LogP contribution in [0.2, 0.25) is 0 Å². The van der Waals surface area contributed by atoms with Crippen LogP contribution in [0.15, 0.2) is 36.9 Å². The predicted octanol–water partition coefficient (Wildman–Crippen LogP) is 4.17. The minimum Gasteiger partial charge on any atom is -0.481 e. The molecule has 2 N–H and O–H groups in total. The van der Waals surface area contributed by atoms with Crippen LogP contribution in [-0.2, 0) is 11.0 Å². The Balaban J connectivity index is 2.40. The average Bonchev–Trinajstić information content (AvgIpc) is 2.54. The van der Waals surface area contributed by atoms with Crippen molar-refractivity contribution in [2.45, 2.75) is 31.5 Å². The molecule has 0 aliphatic carbocycles. The number of allylic oxidation sites excluding steroid dienone is 1. The second kappa shape index (κ2) is 6.78. The maximum absolute atomic E-state index is 12.7. The van der Waals surface area contributed by atoms with Crippen LogP contribution in [0.3, 0.4) is 0 Å². The van der Waals surface area contributed by atoms with Crippen molar-refractivity contribution >= 4 is 12.1 Å². The summed E-state index contributed by atoms with van der Waals surface area (Å²) in [5.41, 5.74) is -1.68. The van der Waals surface area contributed by atoms with Gasteiger partial charge in [0.25, 0.3) is 0 Å². The lowest BCUT2D eigenvalue weighted by Gasteiger charge is -2.43. The normalized spacial score (nSPS) is 24.0. The Morgan fingerprint density at radius 1 is 1.28 bits per heavy atom. The molecule has 5 nitrogen and oxygen atoms in total. The van der Waals surface area contributed by atoms with Crippen LogP contribution < -0.4 is 0 Å². The molecule has 25 heavy (non-hydrogen) atoms. The van der Waals surface area contributed by atoms with Crippen LogP contribution in [0.4, 0.5) is 18.0 Å². The Kier molecular flexibility index (Phi) is 5.10. The third kappa shape index (κ3) is 3.78. The molecule has 1 aliphatic rings. The lowest BCUT2D eigenvalue weighted by Crippen LogP contribution is -2.47. The molecule has 0 bridgehead atoms. The zero-order chi connectivity index (χ0) is 18.8. The third-order valence-corrected chi connectivity index (χ3v) is 4.65. The Hall–Kier alpha value is -2.51. The molecule has 0 aromatic heterocycles. The van der Waals surface area contributed by atoms with Gasteiger partial charge in [0.15, 0.2) is 0 Å². The Morgan fingerprint density at radius 2 is 1.88 bits per heavy atom. The molecule has 1 amide bonds. The highest BCUT2D eigenvalue weighted by atomic mass is 19.4. The molecule has 1 aliphatic heterocycles. The summed E-state index contributed by atoms with van der Waals surface area (Å²) in [4.78, 5) is 24.3. The van der Waals surface area contributed by atoms with Crippen molar-refractivity contribution in [1.29, 1.82) is 0 Å². The van der Waals surface area contributed by atoms with Gasteiger partial charge in [-0.1, -0.05) is 18.2 Å². The topological polar surface area (TPSA) is 77.8 Å². The Bertz CT molecular complexity index is 671. The molecule has 136 valence electrons. The van der Waals surface area contributed by atoms with Gasteiger partial charge in [-0.2, -0.15) is 13.2 Å². The minimum atomic E-state index is -4.49. The van der Waals surface area contributed by atoms with Gasteiger partial charge in [-0.15, -0.1) is 6.58 Å². The second-order valence-corrected chi connectivity index (χ2v) is 6.14. The molecule has 1 heterocycles. The van der Waals surface area contributed by atoms with E-state index >= 15 is 0 Å². The van der Waals surface area contributed by atoms with Crippen molar-refractivity contribution in [1.82, 2.24) is 4.90 Å². The largest absolute Gasteiger partial charge is 0.481 e. The van der Waals surface area contributed by atoms with Crippen molar-refractivity contribution in [2.24, 2.45) is 5.41 Å². The standard InChI is InChI=1S/C17H18F3NO4/c1-2-7-16(14(22)23)8-9-21(15(24)25)13(10-16)11-3-5-12(6-4-11)17(18,19)20/h2-6,13H,1,7-10H2,(H,22,23)(H,24,25). The summed E-state index contributed by atoms with van der Waals surface area (Å²) >= 11 is 0. The van der Waals surface area contributed by atoms with Crippen molar-refractivity contribution in [2.75, 3.05) is 6.54 Å². The fraction of sp³-hybridized carbons (Fsp3) is 0.412. The summed E-state index contributed by atoms with van der Waals surface area (Å²) in [7, 11) is 0. The van der Waals surface area contributed by atoms with Crippen LogP contribution in [0.25, 0.3) is 0 Å². The number of likely N-dealkylation sites (tertiary alicyclic amines) is 1. The van der Waals surface area contributed by atoms with Gasteiger partial charge < -0.3 is 15.1 Å². The summed E-state index contributed by atoms with van der Waals surface area (Å²) in [6.07, 6.45) is -4.00. The number of halogens is 3. The quantitative estimate of drug-likeness (QED) is 0.793. The van der Waals surface area contributed by atoms with Gasteiger partial charge in [-0.05, 0) is 37.0 Å². The highest BCUT2D eigenvalue weighted by Crippen LogP contribution is 2.45. The lowest BCUT2D eigenvalue weighted by atomic mass is 9.71. The van der Waals surface area contributed by atoms with Gasteiger partial charge in [0.2, 0.25) is 0 Å². The van der Waals surface area contributed by atoms with Crippen LogP contribution in [0.1, 0.15) is 36.4 Å². The molecule has 1 aromatic rings. The van der Waals surface area contributed by atoms with Crippen molar-refractivity contribution < 1.29 is 33.0 Å². The number of carboxylic acids is 1. The number of carbonyl (C=O) groups is 2. The SMILES string of the molecule is C=CCC1(C(=O)O)CCN(C(=O)O)C(c2ccc(C(F)(F)F)cc2)C1. The number of carboxylic acid groups (broad SMARTS) is 2. The molecule has 2 unspecified atom stereocenters. The summed E-state index contributed by atoms with van der Waals surface area (Å²) in [5, 5.41) is 19.0.